The number of halogens is 1. The molecule has 0 atom stereocenters. The van der Waals surface area contributed by atoms with E-state index in [-0.39, 0.29) is 23.8 Å². The third-order valence-electron chi connectivity index (χ3n) is 4.72. The van der Waals surface area contributed by atoms with Crippen LogP contribution in [-0.4, -0.2) is 56.3 Å². The van der Waals surface area contributed by atoms with Gasteiger partial charge in [0.15, 0.2) is 0 Å². The molecule has 0 spiro atoms. The summed E-state index contributed by atoms with van der Waals surface area (Å²) in [4.78, 5) is 14.1. The van der Waals surface area contributed by atoms with Gasteiger partial charge in [0, 0.05) is 39.1 Å². The van der Waals surface area contributed by atoms with E-state index in [1.165, 1.54) is 16.4 Å². The number of benzene rings is 2. The summed E-state index contributed by atoms with van der Waals surface area (Å²) in [5.74, 6) is -0.726. The first kappa shape index (κ1) is 20.4. The normalized spacial score (nSPS) is 16.0. The molecule has 0 saturated carbocycles. The Labute approximate surface area is 165 Å². The van der Waals surface area contributed by atoms with E-state index in [9.17, 15) is 17.6 Å². The highest BCUT2D eigenvalue weighted by molar-refractivity contribution is 7.88. The number of amides is 1. The molecular weight excluding hydrogens is 381 g/mol. The van der Waals surface area contributed by atoms with Crippen molar-refractivity contribution in [2.24, 2.45) is 0 Å². The van der Waals surface area contributed by atoms with Crippen LogP contribution in [0, 0.1) is 5.82 Å². The van der Waals surface area contributed by atoms with Gasteiger partial charge in [0.1, 0.15) is 5.82 Å². The molecule has 1 aliphatic rings. The second kappa shape index (κ2) is 9.27. The molecule has 1 aliphatic heterocycles. The fraction of sp³-hybridized carbons (Fsp3) is 0.350. The Balaban J connectivity index is 1.44. The molecule has 6 nitrogen and oxygen atoms in total. The molecule has 2 aromatic carbocycles. The average molecular weight is 405 g/mol. The topological polar surface area (TPSA) is 69.7 Å². The van der Waals surface area contributed by atoms with Crippen molar-refractivity contribution in [3.8, 4) is 0 Å². The smallest absolute Gasteiger partial charge is 0.225 e. The summed E-state index contributed by atoms with van der Waals surface area (Å²) in [5.41, 5.74) is 0.944. The number of nitrogens with one attached hydrogen (secondary N) is 1. The Morgan fingerprint density at radius 1 is 0.964 bits per heavy atom. The number of hydrogen-bond donors (Lipinski definition) is 1. The van der Waals surface area contributed by atoms with Crippen LogP contribution in [-0.2, 0) is 20.6 Å². The van der Waals surface area contributed by atoms with Gasteiger partial charge in [0.05, 0.1) is 11.4 Å². The second-order valence-corrected chi connectivity index (χ2v) is 8.73. The van der Waals surface area contributed by atoms with Gasteiger partial charge in [-0.3, -0.25) is 4.79 Å². The molecule has 1 fully saturated rings. The molecule has 3 rings (SSSR count). The summed E-state index contributed by atoms with van der Waals surface area (Å²) in [7, 11) is -3.35. The van der Waals surface area contributed by atoms with Crippen molar-refractivity contribution in [1.82, 2.24) is 9.21 Å². The first-order valence-corrected chi connectivity index (χ1v) is 10.8. The number of carbonyl (C=O) groups is 1. The zero-order valence-corrected chi connectivity index (χ0v) is 16.4. The van der Waals surface area contributed by atoms with Crippen LogP contribution in [0.1, 0.15) is 12.0 Å². The van der Waals surface area contributed by atoms with Gasteiger partial charge < -0.3 is 10.2 Å². The SMILES string of the molecule is O=C(CCN1CCN(S(=O)(=O)Cc2ccccc2)CC1)Nc1ccccc1F. The van der Waals surface area contributed by atoms with Crippen LogP contribution in [0.4, 0.5) is 10.1 Å². The van der Waals surface area contributed by atoms with E-state index in [4.69, 9.17) is 0 Å². The molecule has 0 aliphatic carbocycles. The summed E-state index contributed by atoms with van der Waals surface area (Å²) in [6.45, 7) is 2.46. The van der Waals surface area contributed by atoms with Gasteiger partial charge in [-0.15, -0.1) is 0 Å². The van der Waals surface area contributed by atoms with Crippen LogP contribution in [0.3, 0.4) is 0 Å². The summed E-state index contributed by atoms with van der Waals surface area (Å²) >= 11 is 0. The van der Waals surface area contributed by atoms with Crippen molar-refractivity contribution >= 4 is 21.6 Å². The van der Waals surface area contributed by atoms with Crippen LogP contribution < -0.4 is 5.32 Å². The largest absolute Gasteiger partial charge is 0.324 e. The Morgan fingerprint density at radius 3 is 2.29 bits per heavy atom. The highest BCUT2D eigenvalue weighted by atomic mass is 32.2. The first-order chi connectivity index (χ1) is 13.4. The average Bonchev–Trinajstić information content (AvgIpc) is 2.69. The van der Waals surface area contributed by atoms with Crippen molar-refractivity contribution in [2.75, 3.05) is 38.0 Å². The first-order valence-electron chi connectivity index (χ1n) is 9.22. The molecule has 1 heterocycles. The van der Waals surface area contributed by atoms with Gasteiger partial charge in [-0.25, -0.2) is 12.8 Å². The molecule has 8 heteroatoms. The molecule has 28 heavy (non-hydrogen) atoms. The van der Waals surface area contributed by atoms with Crippen molar-refractivity contribution < 1.29 is 17.6 Å². The van der Waals surface area contributed by atoms with Crippen LogP contribution in [0.5, 0.6) is 0 Å². The maximum absolute atomic E-state index is 13.6. The minimum atomic E-state index is -3.35. The summed E-state index contributed by atoms with van der Waals surface area (Å²) in [5, 5.41) is 2.56. The number of carbonyl (C=O) groups excluding carboxylic acids is 1. The van der Waals surface area contributed by atoms with Gasteiger partial charge in [-0.1, -0.05) is 42.5 Å². The zero-order valence-electron chi connectivity index (χ0n) is 15.6. The number of sulfonamides is 1. The van der Waals surface area contributed by atoms with Gasteiger partial charge in [0.2, 0.25) is 15.9 Å². The Kier molecular flexibility index (Phi) is 6.77. The molecule has 1 N–H and O–H groups in total. The molecule has 150 valence electrons. The molecule has 0 radical (unpaired) electrons. The second-order valence-electron chi connectivity index (χ2n) is 6.76. The van der Waals surface area contributed by atoms with Gasteiger partial charge in [0.25, 0.3) is 0 Å². The minimum Gasteiger partial charge on any atom is -0.324 e. The predicted octanol–water partition coefficient (Wildman–Crippen LogP) is 2.30. The Hall–Kier alpha value is -2.29. The van der Waals surface area contributed by atoms with E-state index in [1.807, 2.05) is 30.3 Å². The number of hydrogen-bond acceptors (Lipinski definition) is 4. The van der Waals surface area contributed by atoms with Crippen LogP contribution in [0.15, 0.2) is 54.6 Å². The summed E-state index contributed by atoms with van der Waals surface area (Å²) < 4.78 is 40.2. The molecular formula is C20H24FN3O3S. The number of piperazine rings is 1. The van der Waals surface area contributed by atoms with Crippen molar-refractivity contribution in [3.63, 3.8) is 0 Å². The van der Waals surface area contributed by atoms with E-state index in [0.29, 0.717) is 32.7 Å². The maximum Gasteiger partial charge on any atom is 0.225 e. The van der Waals surface area contributed by atoms with E-state index in [0.717, 1.165) is 5.56 Å². The molecule has 1 saturated heterocycles. The van der Waals surface area contributed by atoms with Crippen molar-refractivity contribution in [3.05, 3.63) is 66.0 Å². The molecule has 0 aromatic heterocycles. The standard InChI is InChI=1S/C20H24FN3O3S/c21-18-8-4-5-9-19(18)22-20(25)10-11-23-12-14-24(15-13-23)28(26,27)16-17-6-2-1-3-7-17/h1-9H,10-16H2,(H,22,25). The fourth-order valence-electron chi connectivity index (χ4n) is 3.14. The van der Waals surface area contributed by atoms with E-state index in [1.54, 1.807) is 12.1 Å². The summed E-state index contributed by atoms with van der Waals surface area (Å²) in [6.07, 6.45) is 0.227. The van der Waals surface area contributed by atoms with Crippen molar-refractivity contribution in [2.45, 2.75) is 12.2 Å². The maximum atomic E-state index is 13.6. The third-order valence-corrected chi connectivity index (χ3v) is 6.57. The lowest BCUT2D eigenvalue weighted by Crippen LogP contribution is -2.49. The number of anilines is 1. The Bertz CT molecular complexity index is 898. The van der Waals surface area contributed by atoms with Crippen LogP contribution in [0.25, 0.3) is 0 Å². The molecule has 0 bridgehead atoms. The van der Waals surface area contributed by atoms with Gasteiger partial charge in [-0.05, 0) is 17.7 Å². The lowest BCUT2D eigenvalue weighted by Gasteiger charge is -2.33. The van der Waals surface area contributed by atoms with Gasteiger partial charge in [-0.2, -0.15) is 4.31 Å². The van der Waals surface area contributed by atoms with E-state index < -0.39 is 15.8 Å². The predicted molar refractivity (Wildman–Crippen MR) is 107 cm³/mol. The minimum absolute atomic E-state index is 0.00111. The third kappa shape index (κ3) is 5.60. The van der Waals surface area contributed by atoms with E-state index in [2.05, 4.69) is 10.2 Å². The lowest BCUT2D eigenvalue weighted by atomic mass is 10.2. The van der Waals surface area contributed by atoms with Crippen LogP contribution >= 0.6 is 0 Å². The highest BCUT2D eigenvalue weighted by Gasteiger charge is 2.27. The zero-order chi connectivity index (χ0) is 20.0. The lowest BCUT2D eigenvalue weighted by molar-refractivity contribution is -0.116. The number of para-hydroxylation sites is 1. The highest BCUT2D eigenvalue weighted by Crippen LogP contribution is 2.15. The van der Waals surface area contributed by atoms with Gasteiger partial charge >= 0.3 is 0 Å². The summed E-state index contributed by atoms with van der Waals surface area (Å²) in [6, 6.07) is 15.2. The monoisotopic (exact) mass is 405 g/mol. The fourth-order valence-corrected chi connectivity index (χ4v) is 4.66. The Morgan fingerprint density at radius 2 is 1.61 bits per heavy atom. The van der Waals surface area contributed by atoms with E-state index >= 15 is 0 Å². The van der Waals surface area contributed by atoms with Crippen molar-refractivity contribution in [1.29, 1.82) is 0 Å². The molecule has 2 aromatic rings. The van der Waals surface area contributed by atoms with Crippen LogP contribution in [0.2, 0.25) is 0 Å². The molecule has 0 unspecified atom stereocenters. The number of nitrogens with zero attached hydrogens (tertiary/aromatic N) is 2. The molecule has 1 amide bonds. The number of rotatable bonds is 7. The quantitative estimate of drug-likeness (QED) is 0.768.